The van der Waals surface area contributed by atoms with Crippen molar-refractivity contribution in [2.24, 2.45) is 0 Å². The second kappa shape index (κ2) is 9.99. The quantitative estimate of drug-likeness (QED) is 0.361. The predicted octanol–water partition coefficient (Wildman–Crippen LogP) is 5.38. The highest BCUT2D eigenvalue weighted by Gasteiger charge is 2.17. The zero-order valence-corrected chi connectivity index (χ0v) is 20.9. The van der Waals surface area contributed by atoms with Gasteiger partial charge in [-0.25, -0.2) is 0 Å². The van der Waals surface area contributed by atoms with E-state index in [2.05, 4.69) is 68.5 Å². The molecule has 6 nitrogen and oxygen atoms in total. The number of hydrogen-bond acceptors (Lipinski definition) is 5. The maximum absolute atomic E-state index is 13.2. The molecule has 6 rings (SSSR count). The molecule has 0 saturated carbocycles. The summed E-state index contributed by atoms with van der Waals surface area (Å²) in [4.78, 5) is 26.6. The van der Waals surface area contributed by atoms with Crippen LogP contribution in [-0.2, 0) is 11.2 Å². The van der Waals surface area contributed by atoms with Gasteiger partial charge in [0.1, 0.15) is 0 Å². The van der Waals surface area contributed by atoms with Crippen molar-refractivity contribution in [2.75, 3.05) is 43.4 Å². The first kappa shape index (κ1) is 23.1. The molecule has 1 amide bonds. The third-order valence-corrected chi connectivity index (χ3v) is 7.20. The lowest BCUT2D eigenvalue weighted by molar-refractivity contribution is -0.115. The highest BCUT2D eigenvalue weighted by Crippen LogP contribution is 2.32. The van der Waals surface area contributed by atoms with Crippen LogP contribution in [0, 0.1) is 0 Å². The van der Waals surface area contributed by atoms with E-state index >= 15 is 0 Å². The summed E-state index contributed by atoms with van der Waals surface area (Å²) < 4.78 is 0. The van der Waals surface area contributed by atoms with E-state index in [1.165, 1.54) is 5.69 Å². The summed E-state index contributed by atoms with van der Waals surface area (Å²) in [6.07, 6.45) is 5.78. The zero-order chi connectivity index (χ0) is 25.2. The molecule has 1 aliphatic heterocycles. The topological polar surface area (TPSA) is 61.4 Å². The number of rotatable bonds is 5. The minimum Gasteiger partial charge on any atom is -0.368 e. The molecule has 37 heavy (non-hydrogen) atoms. The highest BCUT2D eigenvalue weighted by molar-refractivity contribution is 6.02. The molecule has 184 valence electrons. The Bertz CT molecular complexity index is 1580. The molecule has 0 spiro atoms. The van der Waals surface area contributed by atoms with E-state index in [4.69, 9.17) is 0 Å². The second-order valence-electron chi connectivity index (χ2n) is 9.63. The number of benzene rings is 3. The van der Waals surface area contributed by atoms with E-state index in [1.807, 2.05) is 42.6 Å². The Labute approximate surface area is 216 Å². The Morgan fingerprint density at radius 3 is 2.43 bits per heavy atom. The zero-order valence-electron chi connectivity index (χ0n) is 20.9. The van der Waals surface area contributed by atoms with Crippen molar-refractivity contribution < 1.29 is 4.79 Å². The normalized spacial score (nSPS) is 14.2. The number of aromatic nitrogens is 2. The molecule has 6 heteroatoms. The van der Waals surface area contributed by atoms with Crippen LogP contribution in [0.1, 0.15) is 5.56 Å². The number of piperazine rings is 1. The van der Waals surface area contributed by atoms with Crippen LogP contribution in [0.15, 0.2) is 91.4 Å². The molecule has 2 aromatic heterocycles. The fourth-order valence-electron chi connectivity index (χ4n) is 5.21. The largest absolute Gasteiger partial charge is 0.368 e. The van der Waals surface area contributed by atoms with Gasteiger partial charge in [-0.3, -0.25) is 14.8 Å². The number of carbonyl (C=O) groups excluding carboxylic acids is 1. The second-order valence-corrected chi connectivity index (χ2v) is 9.63. The summed E-state index contributed by atoms with van der Waals surface area (Å²) >= 11 is 0. The molecule has 3 aromatic carbocycles. The molecule has 1 fully saturated rings. The van der Waals surface area contributed by atoms with Crippen molar-refractivity contribution in [3.8, 4) is 11.1 Å². The van der Waals surface area contributed by atoms with Gasteiger partial charge in [-0.2, -0.15) is 0 Å². The van der Waals surface area contributed by atoms with Crippen molar-refractivity contribution in [1.29, 1.82) is 0 Å². The van der Waals surface area contributed by atoms with Crippen LogP contribution in [-0.4, -0.2) is 54.0 Å². The van der Waals surface area contributed by atoms with Crippen LogP contribution in [0.2, 0.25) is 0 Å². The van der Waals surface area contributed by atoms with Gasteiger partial charge in [0.25, 0.3) is 0 Å². The van der Waals surface area contributed by atoms with Gasteiger partial charge in [0.2, 0.25) is 5.91 Å². The SMILES string of the molecule is CN1CCN(c2ccnc3ccc(NC(=O)Cc4ccc(-c5ccncc5)c5ccccc45)cc23)CC1. The van der Waals surface area contributed by atoms with E-state index in [1.54, 1.807) is 12.4 Å². The molecule has 0 radical (unpaired) electrons. The molecular formula is C31H29N5O. The summed E-state index contributed by atoms with van der Waals surface area (Å²) in [5.41, 5.74) is 6.16. The van der Waals surface area contributed by atoms with Crippen molar-refractivity contribution in [1.82, 2.24) is 14.9 Å². The van der Waals surface area contributed by atoms with E-state index in [9.17, 15) is 4.79 Å². The molecule has 0 unspecified atom stereocenters. The average molecular weight is 488 g/mol. The van der Waals surface area contributed by atoms with Gasteiger partial charge in [-0.15, -0.1) is 0 Å². The first-order valence-corrected chi connectivity index (χ1v) is 12.7. The minimum absolute atomic E-state index is 0.0359. The van der Waals surface area contributed by atoms with Gasteiger partial charge in [-0.1, -0.05) is 36.4 Å². The number of carbonyl (C=O) groups is 1. The molecule has 0 aliphatic carbocycles. The predicted molar refractivity (Wildman–Crippen MR) is 151 cm³/mol. The van der Waals surface area contributed by atoms with E-state index in [0.717, 1.165) is 70.2 Å². The number of nitrogens with zero attached hydrogens (tertiary/aromatic N) is 4. The maximum Gasteiger partial charge on any atom is 0.228 e. The number of amides is 1. The first-order valence-electron chi connectivity index (χ1n) is 12.7. The summed E-state index contributed by atoms with van der Waals surface area (Å²) in [5, 5.41) is 6.42. The summed E-state index contributed by atoms with van der Waals surface area (Å²) in [7, 11) is 2.16. The number of fused-ring (bicyclic) bond motifs is 2. The number of pyridine rings is 2. The molecule has 1 N–H and O–H groups in total. The Hall–Kier alpha value is -4.29. The van der Waals surface area contributed by atoms with Gasteiger partial charge in [0, 0.05) is 61.5 Å². The highest BCUT2D eigenvalue weighted by atomic mass is 16.1. The third-order valence-electron chi connectivity index (χ3n) is 7.20. The van der Waals surface area contributed by atoms with Gasteiger partial charge in [0.05, 0.1) is 11.9 Å². The van der Waals surface area contributed by atoms with Crippen molar-refractivity contribution in [3.05, 3.63) is 97.0 Å². The number of likely N-dealkylation sites (N-methyl/N-ethyl adjacent to an activating group) is 1. The van der Waals surface area contributed by atoms with E-state index in [-0.39, 0.29) is 5.91 Å². The third kappa shape index (κ3) is 4.76. The van der Waals surface area contributed by atoms with Crippen LogP contribution in [0.25, 0.3) is 32.8 Å². The molecular weight excluding hydrogens is 458 g/mol. The van der Waals surface area contributed by atoms with Crippen molar-refractivity contribution in [2.45, 2.75) is 6.42 Å². The Morgan fingerprint density at radius 2 is 1.62 bits per heavy atom. The summed E-state index contributed by atoms with van der Waals surface area (Å²) in [5.74, 6) is -0.0359. The van der Waals surface area contributed by atoms with Crippen LogP contribution in [0.5, 0.6) is 0 Å². The van der Waals surface area contributed by atoms with Crippen LogP contribution in [0.4, 0.5) is 11.4 Å². The van der Waals surface area contributed by atoms with Gasteiger partial charge in [0.15, 0.2) is 0 Å². The Balaban J connectivity index is 1.26. The Morgan fingerprint density at radius 1 is 0.838 bits per heavy atom. The van der Waals surface area contributed by atoms with Crippen LogP contribution >= 0.6 is 0 Å². The monoisotopic (exact) mass is 487 g/mol. The smallest absolute Gasteiger partial charge is 0.228 e. The number of nitrogens with one attached hydrogen (secondary N) is 1. The Kier molecular flexibility index (Phi) is 6.25. The summed E-state index contributed by atoms with van der Waals surface area (Å²) in [6.45, 7) is 4.03. The maximum atomic E-state index is 13.2. The standard InChI is InChI=1S/C31H29N5O/c1-35-16-18-36(19-17-35)30-12-15-33-29-9-7-24(21-28(29)30)34-31(37)20-23-6-8-26(22-10-13-32-14-11-22)27-5-3-2-4-25(23)27/h2-15,21H,16-20H2,1H3,(H,34,37). The molecule has 5 aromatic rings. The first-order chi connectivity index (χ1) is 18.2. The van der Waals surface area contributed by atoms with Crippen molar-refractivity contribution in [3.63, 3.8) is 0 Å². The van der Waals surface area contributed by atoms with E-state index < -0.39 is 0 Å². The molecule has 0 bridgehead atoms. The van der Waals surface area contributed by atoms with Crippen molar-refractivity contribution >= 4 is 39.0 Å². The van der Waals surface area contributed by atoms with E-state index in [0.29, 0.717) is 6.42 Å². The lowest BCUT2D eigenvalue weighted by atomic mass is 9.94. The minimum atomic E-state index is -0.0359. The fourth-order valence-corrected chi connectivity index (χ4v) is 5.21. The molecule has 1 saturated heterocycles. The number of anilines is 2. The lowest BCUT2D eigenvalue weighted by Gasteiger charge is -2.34. The van der Waals surface area contributed by atoms with Gasteiger partial charge >= 0.3 is 0 Å². The van der Waals surface area contributed by atoms with Gasteiger partial charge < -0.3 is 15.1 Å². The summed E-state index contributed by atoms with van der Waals surface area (Å²) in [6, 6.07) is 24.5. The van der Waals surface area contributed by atoms with Crippen LogP contribution in [0.3, 0.4) is 0 Å². The number of hydrogen-bond donors (Lipinski definition) is 1. The molecule has 1 aliphatic rings. The van der Waals surface area contributed by atoms with Crippen LogP contribution < -0.4 is 10.2 Å². The fraction of sp³-hybridized carbons (Fsp3) is 0.194. The molecule has 0 atom stereocenters. The average Bonchev–Trinajstić information content (AvgIpc) is 2.94. The van der Waals surface area contributed by atoms with Gasteiger partial charge in [-0.05, 0) is 70.9 Å². The lowest BCUT2D eigenvalue weighted by Crippen LogP contribution is -2.44. The molecule has 3 heterocycles.